The van der Waals surface area contributed by atoms with Gasteiger partial charge in [-0.1, -0.05) is 18.5 Å². The highest BCUT2D eigenvalue weighted by Crippen LogP contribution is 2.21. The maximum atomic E-state index is 11.9. The highest BCUT2D eigenvalue weighted by molar-refractivity contribution is 7.92. The molecule has 0 saturated carbocycles. The number of sulfonamides is 1. The molecule has 8 heteroatoms. The predicted octanol–water partition coefficient (Wildman–Crippen LogP) is 2.32. The van der Waals surface area contributed by atoms with E-state index >= 15 is 0 Å². The van der Waals surface area contributed by atoms with Crippen LogP contribution in [-0.4, -0.2) is 33.0 Å². The summed E-state index contributed by atoms with van der Waals surface area (Å²) in [5, 5.41) is 2.69. The maximum absolute atomic E-state index is 11.9. The van der Waals surface area contributed by atoms with Crippen molar-refractivity contribution in [1.29, 1.82) is 0 Å². The lowest BCUT2D eigenvalue weighted by molar-refractivity contribution is 0.0963. The first-order chi connectivity index (χ1) is 9.29. The second-order valence-electron chi connectivity index (χ2n) is 4.42. The molecule has 0 aliphatic carbocycles. The van der Waals surface area contributed by atoms with E-state index in [1.165, 1.54) is 25.2 Å². The van der Waals surface area contributed by atoms with Gasteiger partial charge in [-0.3, -0.25) is 9.52 Å². The number of nitrogens with one attached hydrogen (secondary N) is 2. The molecule has 1 aromatic rings. The van der Waals surface area contributed by atoms with E-state index in [0.29, 0.717) is 0 Å². The van der Waals surface area contributed by atoms with E-state index in [1.54, 1.807) is 6.92 Å². The fourth-order valence-corrected chi connectivity index (χ4v) is 3.42. The lowest BCUT2D eigenvalue weighted by Gasteiger charge is -2.12. The Labute approximate surface area is 128 Å². The minimum atomic E-state index is -3.52. The van der Waals surface area contributed by atoms with Crippen molar-refractivity contribution in [2.75, 3.05) is 23.4 Å². The number of hydrogen-bond acceptors (Lipinski definition) is 3. The Kier molecular flexibility index (Phi) is 6.10. The highest BCUT2D eigenvalue weighted by atomic mass is 35.5. The molecule has 1 atom stereocenters. The zero-order valence-corrected chi connectivity index (χ0v) is 13.4. The summed E-state index contributed by atoms with van der Waals surface area (Å²) in [6.07, 6.45) is 0. The molecule has 0 saturated heterocycles. The molecule has 0 aliphatic rings. The lowest BCUT2D eigenvalue weighted by Crippen LogP contribution is -2.23. The van der Waals surface area contributed by atoms with Gasteiger partial charge in [0, 0.05) is 18.6 Å². The summed E-state index contributed by atoms with van der Waals surface area (Å²) in [5.41, 5.74) is 0.495. The number of carbonyl (C=O) groups is 1. The molecule has 0 spiro atoms. The Balaban J connectivity index is 2.96. The molecule has 1 unspecified atom stereocenters. The van der Waals surface area contributed by atoms with Gasteiger partial charge in [0.05, 0.1) is 16.3 Å². The molecular weight excluding hydrogens is 323 g/mol. The van der Waals surface area contributed by atoms with E-state index in [-0.39, 0.29) is 39.7 Å². The Hall–Kier alpha value is -0.980. The molecule has 0 fully saturated rings. The van der Waals surface area contributed by atoms with Crippen LogP contribution in [0.25, 0.3) is 0 Å². The first kappa shape index (κ1) is 17.1. The number of hydrogen-bond donors (Lipinski definition) is 2. The smallest absolute Gasteiger partial charge is 0.252 e. The van der Waals surface area contributed by atoms with Crippen molar-refractivity contribution in [2.24, 2.45) is 5.92 Å². The first-order valence-electron chi connectivity index (χ1n) is 5.87. The Morgan fingerprint density at radius 2 is 2.05 bits per heavy atom. The quantitative estimate of drug-likeness (QED) is 0.781. The summed E-state index contributed by atoms with van der Waals surface area (Å²) < 4.78 is 26.2. The van der Waals surface area contributed by atoms with Gasteiger partial charge in [0.25, 0.3) is 5.91 Å². The maximum Gasteiger partial charge on any atom is 0.252 e. The van der Waals surface area contributed by atoms with E-state index in [1.807, 2.05) is 0 Å². The first-order valence-corrected chi connectivity index (χ1v) is 8.43. The molecule has 0 bridgehead atoms. The van der Waals surface area contributed by atoms with Crippen LogP contribution >= 0.6 is 23.2 Å². The Morgan fingerprint density at radius 3 is 2.60 bits per heavy atom. The van der Waals surface area contributed by atoms with Crippen molar-refractivity contribution in [3.05, 3.63) is 28.8 Å². The van der Waals surface area contributed by atoms with Crippen molar-refractivity contribution < 1.29 is 13.2 Å². The summed E-state index contributed by atoms with van der Waals surface area (Å²) in [6, 6.07) is 4.36. The number of alkyl halides is 1. The highest BCUT2D eigenvalue weighted by Gasteiger charge is 2.17. The minimum absolute atomic E-state index is 0.0889. The summed E-state index contributed by atoms with van der Waals surface area (Å²) >= 11 is 11.5. The van der Waals surface area contributed by atoms with Gasteiger partial charge in [0.15, 0.2) is 0 Å². The van der Waals surface area contributed by atoms with E-state index in [9.17, 15) is 13.2 Å². The molecule has 0 radical (unpaired) electrons. The van der Waals surface area contributed by atoms with Crippen LogP contribution < -0.4 is 10.0 Å². The number of halogens is 2. The van der Waals surface area contributed by atoms with Crippen molar-refractivity contribution in [1.82, 2.24) is 5.32 Å². The Bertz CT molecular complexity index is 590. The van der Waals surface area contributed by atoms with Gasteiger partial charge in [-0.15, -0.1) is 11.6 Å². The van der Waals surface area contributed by atoms with Crippen molar-refractivity contribution in [2.45, 2.75) is 6.92 Å². The van der Waals surface area contributed by atoms with Gasteiger partial charge in [-0.25, -0.2) is 8.42 Å². The predicted molar refractivity (Wildman–Crippen MR) is 82.1 cm³/mol. The van der Waals surface area contributed by atoms with Gasteiger partial charge >= 0.3 is 0 Å². The van der Waals surface area contributed by atoms with Crippen molar-refractivity contribution >= 4 is 44.8 Å². The van der Waals surface area contributed by atoms with E-state index in [4.69, 9.17) is 23.2 Å². The third kappa shape index (κ3) is 4.85. The van der Waals surface area contributed by atoms with E-state index in [0.717, 1.165) is 0 Å². The standard InChI is InChI=1S/C12H16Cl2N2O3S/c1-8(6-13)7-20(18,19)16-9-3-4-11(14)10(5-9)12(17)15-2/h3-5,8,16H,6-7H2,1-2H3,(H,15,17). The summed E-state index contributed by atoms with van der Waals surface area (Å²) in [4.78, 5) is 11.6. The topological polar surface area (TPSA) is 75.3 Å². The molecule has 1 amide bonds. The van der Waals surface area contributed by atoms with Crippen LogP contribution in [0.2, 0.25) is 5.02 Å². The zero-order valence-electron chi connectivity index (χ0n) is 11.1. The van der Waals surface area contributed by atoms with Gasteiger partial charge < -0.3 is 5.32 Å². The van der Waals surface area contributed by atoms with Crippen LogP contribution in [0.15, 0.2) is 18.2 Å². The third-order valence-electron chi connectivity index (χ3n) is 2.48. The van der Waals surface area contributed by atoms with Crippen LogP contribution in [-0.2, 0) is 10.0 Å². The van der Waals surface area contributed by atoms with Crippen LogP contribution in [0.4, 0.5) is 5.69 Å². The molecule has 20 heavy (non-hydrogen) atoms. The number of rotatable bonds is 6. The fourth-order valence-electron chi connectivity index (χ4n) is 1.54. The number of carbonyl (C=O) groups excluding carboxylic acids is 1. The summed E-state index contributed by atoms with van der Waals surface area (Å²) in [6.45, 7) is 1.74. The lowest BCUT2D eigenvalue weighted by atomic mass is 10.2. The van der Waals surface area contributed by atoms with E-state index < -0.39 is 10.0 Å². The molecule has 2 N–H and O–H groups in total. The fraction of sp³-hybridized carbons (Fsp3) is 0.417. The van der Waals surface area contributed by atoms with Gasteiger partial charge in [-0.2, -0.15) is 0 Å². The van der Waals surface area contributed by atoms with Crippen molar-refractivity contribution in [3.63, 3.8) is 0 Å². The van der Waals surface area contributed by atoms with Gasteiger partial charge in [0.1, 0.15) is 0 Å². The molecule has 0 heterocycles. The average Bonchev–Trinajstić information content (AvgIpc) is 2.39. The monoisotopic (exact) mass is 338 g/mol. The summed E-state index contributed by atoms with van der Waals surface area (Å²) in [5.74, 6) is -0.385. The molecule has 5 nitrogen and oxygen atoms in total. The number of anilines is 1. The average molecular weight is 339 g/mol. The SMILES string of the molecule is CNC(=O)c1cc(NS(=O)(=O)CC(C)CCl)ccc1Cl. The molecule has 0 aliphatic heterocycles. The summed E-state index contributed by atoms with van der Waals surface area (Å²) in [7, 11) is -2.05. The molecular formula is C12H16Cl2N2O3S. The second-order valence-corrected chi connectivity index (χ2v) is 6.90. The molecule has 1 aromatic carbocycles. The number of benzene rings is 1. The van der Waals surface area contributed by atoms with Gasteiger partial charge in [0.2, 0.25) is 10.0 Å². The van der Waals surface area contributed by atoms with Crippen LogP contribution in [0.3, 0.4) is 0 Å². The molecule has 0 aromatic heterocycles. The van der Waals surface area contributed by atoms with Crippen LogP contribution in [0.1, 0.15) is 17.3 Å². The van der Waals surface area contributed by atoms with Crippen LogP contribution in [0, 0.1) is 5.92 Å². The Morgan fingerprint density at radius 1 is 1.40 bits per heavy atom. The largest absolute Gasteiger partial charge is 0.355 e. The molecule has 1 rings (SSSR count). The zero-order chi connectivity index (χ0) is 15.3. The van der Waals surface area contributed by atoms with Crippen molar-refractivity contribution in [3.8, 4) is 0 Å². The van der Waals surface area contributed by atoms with E-state index in [2.05, 4.69) is 10.0 Å². The van der Waals surface area contributed by atoms with Gasteiger partial charge in [-0.05, 0) is 24.1 Å². The second kappa shape index (κ2) is 7.15. The normalized spacial score (nSPS) is 12.8. The number of amides is 1. The molecule has 112 valence electrons. The third-order valence-corrected chi connectivity index (χ3v) is 4.89. The van der Waals surface area contributed by atoms with Crippen LogP contribution in [0.5, 0.6) is 0 Å². The minimum Gasteiger partial charge on any atom is -0.355 e.